The number of hydrogen-bond donors (Lipinski definition) is 1. The van der Waals surface area contributed by atoms with Crippen LogP contribution >= 0.6 is 12.8 Å². The van der Waals surface area contributed by atoms with Gasteiger partial charge in [0.15, 0.2) is 0 Å². The third-order valence-corrected chi connectivity index (χ3v) is 3.38. The predicted octanol–water partition coefficient (Wildman–Crippen LogP) is 3.43. The Labute approximate surface area is 117 Å². The summed E-state index contributed by atoms with van der Waals surface area (Å²) in [4.78, 5) is 0. The second kappa shape index (κ2) is 10.00. The lowest BCUT2D eigenvalue weighted by Gasteiger charge is -2.21. The largest absolute Gasteiger partial charge is 0.253 e. The Morgan fingerprint density at radius 3 is 2.33 bits per heavy atom. The summed E-state index contributed by atoms with van der Waals surface area (Å²) >= 11 is 4.42. The van der Waals surface area contributed by atoms with Crippen molar-refractivity contribution >= 4 is 12.8 Å². The van der Waals surface area contributed by atoms with Crippen LogP contribution in [-0.2, 0) is 0 Å². The molecule has 0 saturated carbocycles. The van der Waals surface area contributed by atoms with E-state index in [0.29, 0.717) is 5.92 Å². The molecule has 0 aromatic rings. The summed E-state index contributed by atoms with van der Waals surface area (Å²) in [6.45, 7) is 9.90. The fraction of sp³-hybridized carbons (Fsp3) is 0.714. The molecular weight excluding hydrogens is 242 g/mol. The van der Waals surface area contributed by atoms with E-state index in [4.69, 9.17) is 10.5 Å². The number of nitrogens with zero attached hydrogens (tertiary/aromatic N) is 3. The first-order chi connectivity index (χ1) is 8.54. The minimum absolute atomic E-state index is 0.0725. The van der Waals surface area contributed by atoms with Crippen molar-refractivity contribution in [3.8, 4) is 12.1 Å². The first-order valence-corrected chi connectivity index (χ1v) is 6.78. The van der Waals surface area contributed by atoms with Crippen molar-refractivity contribution in [2.45, 2.75) is 33.1 Å². The number of allylic oxidation sites excluding steroid dienone is 1. The molecule has 2 atom stereocenters. The van der Waals surface area contributed by atoms with Crippen LogP contribution in [0.25, 0.3) is 0 Å². The van der Waals surface area contributed by atoms with Gasteiger partial charge in [0.05, 0.1) is 24.5 Å². The van der Waals surface area contributed by atoms with Gasteiger partial charge >= 0.3 is 0 Å². The highest BCUT2D eigenvalue weighted by Gasteiger charge is 2.18. The van der Waals surface area contributed by atoms with Crippen LogP contribution in [0.1, 0.15) is 33.1 Å². The zero-order valence-electron chi connectivity index (χ0n) is 11.3. The Kier molecular flexibility index (Phi) is 9.46. The van der Waals surface area contributed by atoms with Gasteiger partial charge in [0.2, 0.25) is 0 Å². The highest BCUT2D eigenvalue weighted by molar-refractivity contribution is 7.77. The van der Waals surface area contributed by atoms with Gasteiger partial charge in [0, 0.05) is 13.1 Å². The number of nitriles is 2. The Bertz CT molecular complexity index is 314. The van der Waals surface area contributed by atoms with E-state index in [9.17, 15) is 0 Å². The third kappa shape index (κ3) is 7.37. The van der Waals surface area contributed by atoms with Gasteiger partial charge in [0.25, 0.3) is 0 Å². The van der Waals surface area contributed by atoms with E-state index in [2.05, 4.69) is 45.4 Å². The van der Waals surface area contributed by atoms with Gasteiger partial charge in [-0.1, -0.05) is 32.7 Å². The van der Waals surface area contributed by atoms with Gasteiger partial charge < -0.3 is 0 Å². The van der Waals surface area contributed by atoms with Crippen molar-refractivity contribution in [2.24, 2.45) is 17.8 Å². The van der Waals surface area contributed by atoms with Crippen LogP contribution in [0.3, 0.4) is 0 Å². The minimum Gasteiger partial charge on any atom is -0.253 e. The monoisotopic (exact) mass is 265 g/mol. The van der Waals surface area contributed by atoms with Crippen molar-refractivity contribution in [2.75, 3.05) is 13.1 Å². The van der Waals surface area contributed by atoms with Crippen molar-refractivity contribution in [1.29, 1.82) is 10.5 Å². The molecule has 0 saturated heterocycles. The average Bonchev–Trinajstić information content (AvgIpc) is 2.35. The minimum atomic E-state index is -0.251. The normalized spacial score (nSPS) is 13.9. The van der Waals surface area contributed by atoms with E-state index in [-0.39, 0.29) is 18.3 Å². The molecule has 0 aliphatic rings. The van der Waals surface area contributed by atoms with Crippen LogP contribution in [0.5, 0.6) is 0 Å². The molecule has 0 amide bonds. The van der Waals surface area contributed by atoms with E-state index in [1.54, 1.807) is 6.08 Å². The molecule has 0 aromatic carbocycles. The smallest absolute Gasteiger partial charge is 0.0672 e. The second-order valence-corrected chi connectivity index (χ2v) is 5.49. The van der Waals surface area contributed by atoms with Crippen LogP contribution in [0.4, 0.5) is 0 Å². The zero-order chi connectivity index (χ0) is 14.0. The molecular formula is C14H23N3S. The van der Waals surface area contributed by atoms with Crippen LogP contribution in [0.15, 0.2) is 12.7 Å². The number of rotatable bonds is 9. The first-order valence-electron chi connectivity index (χ1n) is 6.38. The summed E-state index contributed by atoms with van der Waals surface area (Å²) in [5.41, 5.74) is 0. The Morgan fingerprint density at radius 2 is 1.89 bits per heavy atom. The maximum Gasteiger partial charge on any atom is 0.0672 e. The summed E-state index contributed by atoms with van der Waals surface area (Å²) in [6, 6.07) is 4.25. The van der Waals surface area contributed by atoms with E-state index < -0.39 is 0 Å². The van der Waals surface area contributed by atoms with Gasteiger partial charge in [-0.05, 0) is 24.7 Å². The van der Waals surface area contributed by atoms with Gasteiger partial charge in [-0.15, -0.1) is 6.58 Å². The summed E-state index contributed by atoms with van der Waals surface area (Å²) in [7, 11) is 0. The van der Waals surface area contributed by atoms with Crippen molar-refractivity contribution in [3.05, 3.63) is 12.7 Å². The zero-order valence-corrected chi connectivity index (χ0v) is 12.2. The molecule has 0 fully saturated rings. The summed E-state index contributed by atoms with van der Waals surface area (Å²) in [6.07, 6.45) is 3.99. The lowest BCUT2D eigenvalue weighted by Crippen LogP contribution is -2.21. The molecule has 0 rings (SSSR count). The summed E-state index contributed by atoms with van der Waals surface area (Å²) < 4.78 is 1.98. The van der Waals surface area contributed by atoms with E-state index >= 15 is 0 Å². The molecule has 0 aromatic heterocycles. The van der Waals surface area contributed by atoms with Gasteiger partial charge in [-0.3, -0.25) is 4.31 Å². The molecule has 0 aliphatic carbocycles. The molecule has 0 aliphatic heterocycles. The summed E-state index contributed by atoms with van der Waals surface area (Å²) in [5, 5.41) is 17.7. The highest BCUT2D eigenvalue weighted by atomic mass is 32.1. The number of hydrogen-bond acceptors (Lipinski definition) is 4. The SMILES string of the molecule is C=CC(CCN(S)CCC(C)C)C(C#N)CC#N. The quantitative estimate of drug-likeness (QED) is 0.513. The Hall–Kier alpha value is -0.970. The fourth-order valence-electron chi connectivity index (χ4n) is 1.69. The molecule has 2 unspecified atom stereocenters. The van der Waals surface area contributed by atoms with Crippen molar-refractivity contribution < 1.29 is 0 Å². The van der Waals surface area contributed by atoms with Crippen LogP contribution in [0.2, 0.25) is 0 Å². The molecule has 4 heteroatoms. The Balaban J connectivity index is 4.11. The molecule has 0 bridgehead atoms. The van der Waals surface area contributed by atoms with E-state index in [1.165, 1.54) is 0 Å². The molecule has 18 heavy (non-hydrogen) atoms. The Morgan fingerprint density at radius 1 is 1.28 bits per heavy atom. The second-order valence-electron chi connectivity index (χ2n) is 4.92. The van der Waals surface area contributed by atoms with E-state index in [0.717, 1.165) is 25.9 Å². The molecule has 3 nitrogen and oxygen atoms in total. The van der Waals surface area contributed by atoms with Gasteiger partial charge in [-0.2, -0.15) is 10.5 Å². The molecule has 0 heterocycles. The molecule has 100 valence electrons. The predicted molar refractivity (Wildman–Crippen MR) is 77.7 cm³/mol. The van der Waals surface area contributed by atoms with Gasteiger partial charge in [-0.25, -0.2) is 0 Å². The lowest BCUT2D eigenvalue weighted by atomic mass is 9.88. The summed E-state index contributed by atoms with van der Waals surface area (Å²) in [5.74, 6) is 0.489. The highest BCUT2D eigenvalue weighted by Crippen LogP contribution is 2.20. The standard InChI is InChI=1S/C14H23N3S/c1-4-13(14(11-16)5-8-15)7-10-17(18)9-6-12(2)3/h4,12-14,18H,1,5-7,9-10H2,2-3H3. The van der Waals surface area contributed by atoms with E-state index in [1.807, 2.05) is 4.31 Å². The molecule has 0 radical (unpaired) electrons. The van der Waals surface area contributed by atoms with Gasteiger partial charge in [0.1, 0.15) is 0 Å². The lowest BCUT2D eigenvalue weighted by molar-refractivity contribution is 0.368. The van der Waals surface area contributed by atoms with Crippen LogP contribution in [-0.4, -0.2) is 17.4 Å². The fourth-order valence-corrected chi connectivity index (χ4v) is 1.92. The van der Waals surface area contributed by atoms with Crippen molar-refractivity contribution in [3.63, 3.8) is 0 Å². The average molecular weight is 265 g/mol. The molecule has 0 spiro atoms. The number of thiol groups is 1. The van der Waals surface area contributed by atoms with Crippen LogP contribution < -0.4 is 0 Å². The first kappa shape index (κ1) is 17.0. The molecule has 0 N–H and O–H groups in total. The topological polar surface area (TPSA) is 50.8 Å². The maximum absolute atomic E-state index is 9.02. The van der Waals surface area contributed by atoms with Crippen LogP contribution in [0, 0.1) is 40.4 Å². The maximum atomic E-state index is 9.02. The third-order valence-electron chi connectivity index (χ3n) is 2.98. The van der Waals surface area contributed by atoms with Crippen molar-refractivity contribution in [1.82, 2.24) is 4.31 Å².